The molecule has 272 valence electrons. The Kier molecular flexibility index (Phi) is 13.6. The number of rotatable bonds is 19. The number of phosphoric acid groups is 3. The first kappa shape index (κ1) is 39.7. The number of hydrazine groups is 1. The molecule has 0 spiro atoms. The van der Waals surface area contributed by atoms with Crippen molar-refractivity contribution in [3.63, 3.8) is 0 Å². The number of non-ortho nitro benzene ring substituents is 1. The van der Waals surface area contributed by atoms with Crippen LogP contribution in [0.1, 0.15) is 19.1 Å². The minimum Gasteiger partial charge on any atom is -0.390 e. The Morgan fingerprint density at radius 1 is 1.06 bits per heavy atom. The van der Waals surface area contributed by atoms with E-state index in [2.05, 4.69) is 34.3 Å². The molecule has 8 N–H and O–H groups in total. The molecule has 26 nitrogen and oxygen atoms in total. The second kappa shape index (κ2) is 16.8. The van der Waals surface area contributed by atoms with E-state index in [-0.39, 0.29) is 44.1 Å². The molecule has 1 aromatic heterocycles. The Balaban J connectivity index is 1.40. The average molecular weight is 763 g/mol. The number of benzene rings is 1. The number of aliphatic hydroxyl groups is 1. The number of carbonyl (C=O) groups excluding carboxylic acids is 1. The van der Waals surface area contributed by atoms with Crippen molar-refractivity contribution >= 4 is 52.3 Å². The minimum atomic E-state index is -5.75. The summed E-state index contributed by atoms with van der Waals surface area (Å²) in [6, 6.07) is 4.35. The quantitative estimate of drug-likeness (QED) is 0.0404. The fraction of sp³-hybridized carbons (Fsp3) is 0.450. The fourth-order valence-corrected chi connectivity index (χ4v) is 6.89. The van der Waals surface area contributed by atoms with Crippen molar-refractivity contribution in [1.82, 2.24) is 15.0 Å². The summed E-state index contributed by atoms with van der Waals surface area (Å²) in [4.78, 5) is 84.6. The molecule has 2 heterocycles. The van der Waals surface area contributed by atoms with Crippen molar-refractivity contribution in [3.8, 4) is 0 Å². The Morgan fingerprint density at radius 2 is 1.78 bits per heavy atom. The number of nitro groups is 2. The molecule has 3 rings (SSSR count). The van der Waals surface area contributed by atoms with Crippen molar-refractivity contribution in [2.24, 2.45) is 0 Å². The van der Waals surface area contributed by atoms with Crippen LogP contribution in [-0.2, 0) is 41.1 Å². The van der Waals surface area contributed by atoms with Crippen LogP contribution in [0, 0.1) is 20.2 Å². The summed E-state index contributed by atoms with van der Waals surface area (Å²) < 4.78 is 57.3. The summed E-state index contributed by atoms with van der Waals surface area (Å²) >= 11 is 0. The highest BCUT2D eigenvalue weighted by molar-refractivity contribution is 7.66. The summed E-state index contributed by atoms with van der Waals surface area (Å²) in [7, 11) is -16.8. The van der Waals surface area contributed by atoms with Gasteiger partial charge in [-0.15, -0.1) is 0 Å². The molecule has 29 heteroatoms. The Morgan fingerprint density at radius 3 is 2.41 bits per heavy atom. The number of carbonyl (C=O) groups is 1. The molecule has 49 heavy (non-hydrogen) atoms. The fourth-order valence-electron chi connectivity index (χ4n) is 3.86. The van der Waals surface area contributed by atoms with Crippen molar-refractivity contribution in [2.45, 2.75) is 31.3 Å². The van der Waals surface area contributed by atoms with Gasteiger partial charge in [0.25, 0.3) is 11.4 Å². The molecular weight excluding hydrogens is 735 g/mol. The summed E-state index contributed by atoms with van der Waals surface area (Å²) in [5.41, 5.74) is 2.86. The van der Waals surface area contributed by atoms with Crippen LogP contribution in [-0.4, -0.2) is 88.6 Å². The van der Waals surface area contributed by atoms with Gasteiger partial charge in [0, 0.05) is 25.2 Å². The number of aliphatic hydroxyl groups excluding tert-OH is 1. The predicted molar refractivity (Wildman–Crippen MR) is 158 cm³/mol. The molecule has 0 saturated carbocycles. The van der Waals surface area contributed by atoms with E-state index in [9.17, 15) is 58.4 Å². The molecule has 1 aliphatic heterocycles. The second-order valence-electron chi connectivity index (χ2n) is 9.50. The Bertz CT molecular complexity index is 1740. The van der Waals surface area contributed by atoms with Crippen LogP contribution >= 0.6 is 23.5 Å². The number of anilines is 2. The van der Waals surface area contributed by atoms with Crippen molar-refractivity contribution in [1.29, 1.82) is 0 Å². The van der Waals surface area contributed by atoms with Gasteiger partial charge in [-0.2, -0.15) is 13.6 Å². The number of nitrogens with one attached hydrogen (secondary N) is 3. The van der Waals surface area contributed by atoms with Gasteiger partial charge in [-0.05, 0) is 12.1 Å². The topological polar surface area (TPSA) is 373 Å². The Labute approximate surface area is 272 Å². The van der Waals surface area contributed by atoms with Crippen LogP contribution in [0.4, 0.5) is 22.9 Å². The van der Waals surface area contributed by atoms with Crippen molar-refractivity contribution < 1.29 is 75.6 Å². The smallest absolute Gasteiger partial charge is 0.390 e. The highest BCUT2D eigenvalue weighted by Gasteiger charge is 2.43. The third-order valence-electron chi connectivity index (χ3n) is 5.92. The van der Waals surface area contributed by atoms with Gasteiger partial charge in [0.05, 0.1) is 48.3 Å². The van der Waals surface area contributed by atoms with Gasteiger partial charge in [-0.1, -0.05) is 0 Å². The lowest BCUT2D eigenvalue weighted by Crippen LogP contribution is -2.33. The molecule has 1 amide bonds. The highest BCUT2D eigenvalue weighted by atomic mass is 31.3. The second-order valence-corrected chi connectivity index (χ2v) is 13.9. The average Bonchev–Trinajstić information content (AvgIpc) is 3.34. The van der Waals surface area contributed by atoms with E-state index in [1.807, 2.05) is 0 Å². The number of aromatic nitrogens is 2. The van der Waals surface area contributed by atoms with E-state index in [0.29, 0.717) is 0 Å². The number of amides is 1. The monoisotopic (exact) mass is 763 g/mol. The first-order chi connectivity index (χ1) is 22.7. The maximum Gasteiger partial charge on any atom is 0.490 e. The van der Waals surface area contributed by atoms with Crippen LogP contribution in [0.15, 0.2) is 35.3 Å². The van der Waals surface area contributed by atoms with Crippen LogP contribution in [0.5, 0.6) is 0 Å². The van der Waals surface area contributed by atoms with E-state index in [4.69, 9.17) is 19.3 Å². The van der Waals surface area contributed by atoms with Crippen LogP contribution in [0.25, 0.3) is 0 Å². The largest absolute Gasteiger partial charge is 0.490 e. The number of phosphoric ester groups is 1. The molecule has 0 aliphatic carbocycles. The molecule has 1 saturated heterocycles. The lowest BCUT2D eigenvalue weighted by atomic mass is 10.2. The van der Waals surface area contributed by atoms with Gasteiger partial charge >= 0.3 is 29.2 Å². The first-order valence-electron chi connectivity index (χ1n) is 13.3. The predicted octanol–water partition coefficient (Wildman–Crippen LogP) is 0.0133. The van der Waals surface area contributed by atoms with E-state index < -0.39 is 81.3 Å². The van der Waals surface area contributed by atoms with Gasteiger partial charge in [0.15, 0.2) is 5.82 Å². The third-order valence-corrected chi connectivity index (χ3v) is 9.72. The molecular formula is C20H28N7O19P3. The SMILES string of the molecule is O=C(CCOCCNc1ccc([N+](=O)[O-])cc1[N+](=O)[O-])NNc1ccn(C2CC(O)C(COP(=O)(O)OP(=O)(O)OP(=O)(O)O)O2)c(=O)n1. The van der Waals surface area contributed by atoms with E-state index in [1.165, 1.54) is 18.3 Å². The zero-order valence-corrected chi connectivity index (χ0v) is 27.1. The molecule has 0 bridgehead atoms. The summed E-state index contributed by atoms with van der Waals surface area (Å²) in [6.07, 6.45) is -3.20. The van der Waals surface area contributed by atoms with Crippen LogP contribution in [0.2, 0.25) is 0 Å². The van der Waals surface area contributed by atoms with E-state index in [0.717, 1.165) is 16.7 Å². The maximum atomic E-state index is 12.5. The van der Waals surface area contributed by atoms with E-state index >= 15 is 0 Å². The lowest BCUT2D eigenvalue weighted by molar-refractivity contribution is -0.393. The number of nitro benzene ring substituents is 2. The maximum absolute atomic E-state index is 12.5. The minimum absolute atomic E-state index is 0.0196. The normalized spacial score (nSPS) is 20.1. The zero-order chi connectivity index (χ0) is 36.6. The number of ether oxygens (including phenoxy) is 2. The van der Waals surface area contributed by atoms with Crippen molar-refractivity contribution in [2.75, 3.05) is 37.1 Å². The van der Waals surface area contributed by atoms with Gasteiger partial charge in [-0.25, -0.2) is 18.5 Å². The lowest BCUT2D eigenvalue weighted by Gasteiger charge is -2.19. The summed E-state index contributed by atoms with van der Waals surface area (Å²) in [6.45, 7) is -0.921. The van der Waals surface area contributed by atoms with Crippen molar-refractivity contribution in [3.05, 3.63) is 61.2 Å². The first-order valence-corrected chi connectivity index (χ1v) is 17.8. The van der Waals surface area contributed by atoms with Crippen LogP contribution in [0.3, 0.4) is 0 Å². The molecule has 2 aromatic rings. The number of hydrogen-bond donors (Lipinski definition) is 8. The highest BCUT2D eigenvalue weighted by Crippen LogP contribution is 2.66. The molecule has 0 radical (unpaired) electrons. The summed E-state index contributed by atoms with van der Waals surface area (Å²) in [5, 5.41) is 34.9. The Hall–Kier alpha value is -3.74. The van der Waals surface area contributed by atoms with E-state index in [1.54, 1.807) is 0 Å². The molecule has 5 unspecified atom stereocenters. The summed E-state index contributed by atoms with van der Waals surface area (Å²) in [5.74, 6) is -0.682. The molecule has 1 aliphatic rings. The molecule has 5 atom stereocenters. The van der Waals surface area contributed by atoms with Gasteiger partial charge in [0.2, 0.25) is 5.91 Å². The van der Waals surface area contributed by atoms with Gasteiger partial charge < -0.3 is 39.5 Å². The molecule has 1 aromatic carbocycles. The standard InChI is InChI=1S/C20H28N7O19P3/c28-15-10-19(44-16(15)11-43-48(38,39)46-49(40,41)45-47(35,36)37)25-6-3-17(22-20(25)30)23-24-18(29)4-7-42-8-5-21-13-2-1-12(26(31)32)9-14(13)27(33)34/h1-3,6,9,15-16,19,21,28H,4-5,7-8,10-11H2,(H,24,29)(H,38,39)(H,40,41)(H,22,23,30)(H2,35,36,37). The molecule has 1 fully saturated rings. The van der Waals surface area contributed by atoms with Crippen LogP contribution < -0.4 is 21.9 Å². The third kappa shape index (κ3) is 12.9. The zero-order valence-electron chi connectivity index (χ0n) is 24.4. The number of hydrogen-bond acceptors (Lipinski definition) is 18. The van der Waals surface area contributed by atoms with Gasteiger partial charge in [-0.3, -0.25) is 45.0 Å². The van der Waals surface area contributed by atoms with Gasteiger partial charge in [0.1, 0.15) is 18.0 Å². The number of nitrogens with zero attached hydrogens (tertiary/aromatic N) is 4.